The highest BCUT2D eigenvalue weighted by Gasteiger charge is 2.11. The average Bonchev–Trinajstić information content (AvgIpc) is 2.89. The van der Waals surface area contributed by atoms with Crippen LogP contribution in [0.15, 0.2) is 35.7 Å². The molecule has 1 heterocycles. The van der Waals surface area contributed by atoms with Crippen molar-refractivity contribution in [3.8, 4) is 5.75 Å². The summed E-state index contributed by atoms with van der Waals surface area (Å²) in [5.74, 6) is -1.76. The van der Waals surface area contributed by atoms with Gasteiger partial charge in [-0.15, -0.1) is 11.3 Å². The third-order valence-corrected chi connectivity index (χ3v) is 3.63. The number of rotatable bonds is 5. The minimum Gasteiger partial charge on any atom is -0.507 e. The number of aromatic hydroxyl groups is 1. The molecular formula is C14H13NO4S. The number of hydrogen-bond donors (Lipinski definition) is 3. The van der Waals surface area contributed by atoms with Gasteiger partial charge in [0, 0.05) is 23.1 Å². The van der Waals surface area contributed by atoms with Crippen molar-refractivity contribution in [2.45, 2.75) is 12.8 Å². The van der Waals surface area contributed by atoms with Crippen LogP contribution >= 0.6 is 11.3 Å². The van der Waals surface area contributed by atoms with Crippen LogP contribution in [0.1, 0.15) is 21.7 Å². The first-order chi connectivity index (χ1) is 9.56. The van der Waals surface area contributed by atoms with Crippen LogP contribution in [0.5, 0.6) is 5.75 Å². The molecule has 0 aliphatic rings. The maximum atomic E-state index is 11.7. The first-order valence-corrected chi connectivity index (χ1v) is 6.83. The number of carbonyl (C=O) groups is 2. The van der Waals surface area contributed by atoms with Gasteiger partial charge in [0.25, 0.3) is 0 Å². The third-order valence-electron chi connectivity index (χ3n) is 2.69. The number of aromatic carboxylic acids is 1. The van der Waals surface area contributed by atoms with Crippen molar-refractivity contribution in [1.82, 2.24) is 0 Å². The molecule has 0 spiro atoms. The van der Waals surface area contributed by atoms with Crippen LogP contribution in [0.4, 0.5) is 5.69 Å². The van der Waals surface area contributed by atoms with Crippen molar-refractivity contribution in [3.63, 3.8) is 0 Å². The van der Waals surface area contributed by atoms with E-state index < -0.39 is 5.97 Å². The highest BCUT2D eigenvalue weighted by Crippen LogP contribution is 2.22. The molecule has 0 aliphatic heterocycles. The molecule has 0 saturated heterocycles. The highest BCUT2D eigenvalue weighted by atomic mass is 32.1. The number of nitrogens with one attached hydrogen (secondary N) is 1. The molecule has 0 atom stereocenters. The first-order valence-electron chi connectivity index (χ1n) is 5.95. The van der Waals surface area contributed by atoms with E-state index in [1.54, 1.807) is 11.3 Å². The number of hydrogen-bond acceptors (Lipinski definition) is 4. The van der Waals surface area contributed by atoms with E-state index in [-0.39, 0.29) is 17.2 Å². The maximum Gasteiger partial charge on any atom is 0.339 e. The Bertz CT molecular complexity index is 622. The fourth-order valence-corrected chi connectivity index (χ4v) is 2.41. The van der Waals surface area contributed by atoms with E-state index in [1.165, 1.54) is 18.2 Å². The first kappa shape index (κ1) is 14.1. The maximum absolute atomic E-state index is 11.7. The average molecular weight is 291 g/mol. The Morgan fingerprint density at radius 2 is 2.05 bits per heavy atom. The molecule has 0 aliphatic carbocycles. The minimum atomic E-state index is -1.21. The summed E-state index contributed by atoms with van der Waals surface area (Å²) in [4.78, 5) is 23.6. The van der Waals surface area contributed by atoms with Gasteiger partial charge in [-0.3, -0.25) is 4.79 Å². The van der Waals surface area contributed by atoms with Crippen LogP contribution in [0.2, 0.25) is 0 Å². The van der Waals surface area contributed by atoms with Crippen LogP contribution in [-0.2, 0) is 11.2 Å². The fraction of sp³-hybridized carbons (Fsp3) is 0.143. The van der Waals surface area contributed by atoms with Crippen LogP contribution in [0.25, 0.3) is 0 Å². The van der Waals surface area contributed by atoms with E-state index in [2.05, 4.69) is 5.32 Å². The zero-order chi connectivity index (χ0) is 14.5. The number of thiophene rings is 1. The molecule has 1 aromatic heterocycles. The Labute approximate surface area is 119 Å². The number of carbonyl (C=O) groups excluding carboxylic acids is 1. The summed E-state index contributed by atoms with van der Waals surface area (Å²) in [6, 6.07) is 7.83. The molecule has 6 heteroatoms. The van der Waals surface area contributed by atoms with Gasteiger partial charge in [-0.2, -0.15) is 0 Å². The molecule has 0 unspecified atom stereocenters. The van der Waals surface area contributed by atoms with E-state index in [0.29, 0.717) is 18.5 Å². The number of carboxylic acid groups (broad SMARTS) is 1. The topological polar surface area (TPSA) is 86.6 Å². The van der Waals surface area contributed by atoms with E-state index in [0.717, 1.165) is 4.88 Å². The van der Waals surface area contributed by atoms with Crippen molar-refractivity contribution in [2.24, 2.45) is 0 Å². The Hall–Kier alpha value is -2.34. The predicted octanol–water partition coefficient (Wildman–Crippen LogP) is 2.72. The van der Waals surface area contributed by atoms with Gasteiger partial charge in [-0.1, -0.05) is 6.07 Å². The Kier molecular flexibility index (Phi) is 4.37. The normalized spacial score (nSPS) is 10.2. The Balaban J connectivity index is 1.94. The summed E-state index contributed by atoms with van der Waals surface area (Å²) >= 11 is 1.59. The van der Waals surface area contributed by atoms with Crippen LogP contribution in [0, 0.1) is 0 Å². The van der Waals surface area contributed by atoms with E-state index in [4.69, 9.17) is 5.11 Å². The second-order valence-electron chi connectivity index (χ2n) is 4.16. The molecule has 2 aromatic rings. The number of phenols is 1. The summed E-state index contributed by atoms with van der Waals surface area (Å²) in [6.45, 7) is 0. The van der Waals surface area contributed by atoms with Crippen molar-refractivity contribution < 1.29 is 19.8 Å². The molecule has 0 fully saturated rings. The zero-order valence-electron chi connectivity index (χ0n) is 10.5. The summed E-state index contributed by atoms with van der Waals surface area (Å²) < 4.78 is 0. The number of anilines is 1. The number of aryl methyl sites for hydroxylation is 1. The van der Waals surface area contributed by atoms with E-state index in [9.17, 15) is 14.7 Å². The van der Waals surface area contributed by atoms with Crippen LogP contribution in [-0.4, -0.2) is 22.1 Å². The van der Waals surface area contributed by atoms with Crippen molar-refractivity contribution in [1.29, 1.82) is 0 Å². The van der Waals surface area contributed by atoms with Gasteiger partial charge in [0.1, 0.15) is 11.3 Å². The quantitative estimate of drug-likeness (QED) is 0.790. The van der Waals surface area contributed by atoms with Crippen LogP contribution < -0.4 is 5.32 Å². The molecule has 5 nitrogen and oxygen atoms in total. The zero-order valence-corrected chi connectivity index (χ0v) is 11.3. The minimum absolute atomic E-state index is 0.180. The second kappa shape index (κ2) is 6.21. The predicted molar refractivity (Wildman–Crippen MR) is 76.3 cm³/mol. The lowest BCUT2D eigenvalue weighted by molar-refractivity contribution is -0.116. The van der Waals surface area contributed by atoms with Gasteiger partial charge < -0.3 is 15.5 Å². The number of benzene rings is 1. The molecule has 20 heavy (non-hydrogen) atoms. The molecule has 1 amide bonds. The van der Waals surface area contributed by atoms with Gasteiger partial charge in [-0.05, 0) is 30.0 Å². The van der Waals surface area contributed by atoms with Gasteiger partial charge in [-0.25, -0.2) is 4.79 Å². The molecule has 0 saturated carbocycles. The van der Waals surface area contributed by atoms with Gasteiger partial charge in [0.2, 0.25) is 5.91 Å². The fourth-order valence-electron chi connectivity index (χ4n) is 1.71. The standard InChI is InChI=1S/C14H13NO4S/c16-12-8-9(3-5-11(12)14(18)19)15-13(17)6-4-10-2-1-7-20-10/h1-3,5,7-8,16H,4,6H2,(H,15,17)(H,18,19). The number of amides is 1. The van der Waals surface area contributed by atoms with Crippen molar-refractivity contribution in [3.05, 3.63) is 46.2 Å². The lowest BCUT2D eigenvalue weighted by atomic mass is 10.1. The number of carboxylic acids is 1. The monoisotopic (exact) mass is 291 g/mol. The SMILES string of the molecule is O=C(CCc1cccs1)Nc1ccc(C(=O)O)c(O)c1. The highest BCUT2D eigenvalue weighted by molar-refractivity contribution is 7.09. The Morgan fingerprint density at radius 3 is 2.65 bits per heavy atom. The lowest BCUT2D eigenvalue weighted by Gasteiger charge is -2.06. The largest absolute Gasteiger partial charge is 0.507 e. The molecule has 0 bridgehead atoms. The van der Waals surface area contributed by atoms with E-state index >= 15 is 0 Å². The summed E-state index contributed by atoms with van der Waals surface area (Å²) in [7, 11) is 0. The molecule has 1 aromatic carbocycles. The van der Waals surface area contributed by atoms with Crippen LogP contribution in [0.3, 0.4) is 0 Å². The van der Waals surface area contributed by atoms with Crippen molar-refractivity contribution >= 4 is 28.9 Å². The van der Waals surface area contributed by atoms with Crippen molar-refractivity contribution in [2.75, 3.05) is 5.32 Å². The second-order valence-corrected chi connectivity index (χ2v) is 5.20. The Morgan fingerprint density at radius 1 is 1.25 bits per heavy atom. The molecule has 3 N–H and O–H groups in total. The smallest absolute Gasteiger partial charge is 0.339 e. The lowest BCUT2D eigenvalue weighted by Crippen LogP contribution is -2.12. The molecule has 2 rings (SSSR count). The van der Waals surface area contributed by atoms with Gasteiger partial charge in [0.05, 0.1) is 0 Å². The summed E-state index contributed by atoms with van der Waals surface area (Å²) in [5, 5.41) is 22.9. The van der Waals surface area contributed by atoms with Gasteiger partial charge >= 0.3 is 5.97 Å². The molecule has 0 radical (unpaired) electrons. The van der Waals surface area contributed by atoms with Gasteiger partial charge in [0.15, 0.2) is 0 Å². The third kappa shape index (κ3) is 3.58. The van der Waals surface area contributed by atoms with E-state index in [1.807, 2.05) is 17.5 Å². The summed E-state index contributed by atoms with van der Waals surface area (Å²) in [5.41, 5.74) is 0.185. The molecule has 104 valence electrons. The summed E-state index contributed by atoms with van der Waals surface area (Å²) in [6.07, 6.45) is 0.991. The molecular weight excluding hydrogens is 278 g/mol.